The number of nitrogens with zero attached hydrogens (tertiary/aromatic N) is 1. The van der Waals surface area contributed by atoms with Crippen LogP contribution in [0.1, 0.15) is 0 Å². The van der Waals surface area contributed by atoms with Gasteiger partial charge in [0.05, 0.1) is 12.0 Å². The van der Waals surface area contributed by atoms with Crippen LogP contribution in [0.4, 0.5) is 5.82 Å². The Hall–Kier alpha value is -1.30. The second-order valence-corrected chi connectivity index (χ2v) is 4.55. The van der Waals surface area contributed by atoms with Crippen LogP contribution < -0.4 is 10.5 Å². The van der Waals surface area contributed by atoms with Crippen LogP contribution in [0.3, 0.4) is 0 Å². The number of aromatic nitrogens is 1. The third kappa shape index (κ3) is 2.09. The number of anilines is 1. The van der Waals surface area contributed by atoms with Crippen LogP contribution in [0, 0.1) is 0 Å². The second-order valence-electron chi connectivity index (χ2n) is 2.53. The van der Waals surface area contributed by atoms with Gasteiger partial charge in [-0.25, -0.2) is 13.4 Å². The Kier molecular flexibility index (Phi) is 2.42. The molecule has 0 saturated heterocycles. The van der Waals surface area contributed by atoms with Crippen LogP contribution in [-0.2, 0) is 9.84 Å². The molecule has 1 aromatic rings. The summed E-state index contributed by atoms with van der Waals surface area (Å²) >= 11 is 0. The van der Waals surface area contributed by atoms with Crippen LogP contribution >= 0.6 is 0 Å². The summed E-state index contributed by atoms with van der Waals surface area (Å²) < 4.78 is 27.0. The summed E-state index contributed by atoms with van der Waals surface area (Å²) in [5.74, 6) is 0.442. The first kappa shape index (κ1) is 9.79. The van der Waals surface area contributed by atoms with Crippen molar-refractivity contribution >= 4 is 15.7 Å². The molecule has 0 aromatic carbocycles. The lowest BCUT2D eigenvalue weighted by molar-refractivity contribution is 0.414. The van der Waals surface area contributed by atoms with Crippen molar-refractivity contribution in [2.24, 2.45) is 0 Å². The molecule has 0 saturated carbocycles. The summed E-state index contributed by atoms with van der Waals surface area (Å²) in [4.78, 5) is 3.79. The van der Waals surface area contributed by atoms with Gasteiger partial charge in [0.2, 0.25) is 0 Å². The van der Waals surface area contributed by atoms with E-state index in [9.17, 15) is 8.42 Å². The molecule has 0 atom stereocenters. The molecule has 1 aromatic heterocycles. The Morgan fingerprint density at radius 3 is 2.62 bits per heavy atom. The summed E-state index contributed by atoms with van der Waals surface area (Å²) in [6.45, 7) is 0. The van der Waals surface area contributed by atoms with Gasteiger partial charge in [-0.3, -0.25) is 0 Å². The molecular formula is C7H10N2O3S. The predicted molar refractivity (Wildman–Crippen MR) is 48.3 cm³/mol. The Morgan fingerprint density at radius 2 is 2.15 bits per heavy atom. The van der Waals surface area contributed by atoms with Crippen LogP contribution in [0.5, 0.6) is 5.75 Å². The molecule has 72 valence electrons. The topological polar surface area (TPSA) is 82.3 Å². The van der Waals surface area contributed by atoms with Crippen molar-refractivity contribution in [1.29, 1.82) is 0 Å². The first-order valence-corrected chi connectivity index (χ1v) is 5.34. The van der Waals surface area contributed by atoms with Gasteiger partial charge < -0.3 is 10.5 Å². The van der Waals surface area contributed by atoms with Crippen molar-refractivity contribution in [3.8, 4) is 5.75 Å². The number of pyridine rings is 1. The Labute approximate surface area is 76.5 Å². The highest BCUT2D eigenvalue weighted by Gasteiger charge is 2.10. The number of ether oxygens (including phenoxy) is 1. The first-order valence-electron chi connectivity index (χ1n) is 3.44. The van der Waals surface area contributed by atoms with E-state index in [1.54, 1.807) is 0 Å². The first-order chi connectivity index (χ1) is 5.95. The molecule has 5 nitrogen and oxygen atoms in total. The van der Waals surface area contributed by atoms with Crippen molar-refractivity contribution in [3.05, 3.63) is 12.3 Å². The van der Waals surface area contributed by atoms with Crippen LogP contribution in [0.15, 0.2) is 17.2 Å². The maximum atomic E-state index is 11.1. The van der Waals surface area contributed by atoms with Gasteiger partial charge in [0.1, 0.15) is 0 Å². The summed E-state index contributed by atoms with van der Waals surface area (Å²) in [7, 11) is -1.85. The molecule has 0 spiro atoms. The number of hydrogen-bond acceptors (Lipinski definition) is 5. The van der Waals surface area contributed by atoms with Gasteiger partial charge in [0, 0.05) is 18.5 Å². The standard InChI is InChI=1S/C7H10N2O3S/c1-12-6-3-5(13(2,10)11)4-9-7(6)8/h3-4H,1-2H3,(H2,8,9). The summed E-state index contributed by atoms with van der Waals surface area (Å²) in [6.07, 6.45) is 2.30. The number of methoxy groups -OCH3 is 1. The predicted octanol–water partition coefficient (Wildman–Crippen LogP) is 0.0759. The molecule has 0 bridgehead atoms. The van der Waals surface area contributed by atoms with E-state index in [4.69, 9.17) is 10.5 Å². The van der Waals surface area contributed by atoms with Crippen LogP contribution in [0.25, 0.3) is 0 Å². The van der Waals surface area contributed by atoms with E-state index < -0.39 is 9.84 Å². The van der Waals surface area contributed by atoms with Crippen molar-refractivity contribution in [2.45, 2.75) is 4.90 Å². The Morgan fingerprint density at radius 1 is 1.54 bits per heavy atom. The van der Waals surface area contributed by atoms with Gasteiger partial charge in [0.15, 0.2) is 21.4 Å². The van der Waals surface area contributed by atoms with Gasteiger partial charge in [-0.15, -0.1) is 0 Å². The van der Waals surface area contributed by atoms with Gasteiger partial charge in [-0.2, -0.15) is 0 Å². The van der Waals surface area contributed by atoms with Crippen molar-refractivity contribution in [1.82, 2.24) is 4.98 Å². The van der Waals surface area contributed by atoms with Gasteiger partial charge in [-0.05, 0) is 0 Å². The van der Waals surface area contributed by atoms with E-state index in [2.05, 4.69) is 4.98 Å². The number of nitrogens with two attached hydrogens (primary N) is 1. The molecule has 0 radical (unpaired) electrons. The third-order valence-electron chi connectivity index (χ3n) is 1.50. The monoisotopic (exact) mass is 202 g/mol. The summed E-state index contributed by atoms with van der Waals surface area (Å²) in [5, 5.41) is 0. The second kappa shape index (κ2) is 3.21. The average molecular weight is 202 g/mol. The molecule has 1 rings (SSSR count). The van der Waals surface area contributed by atoms with E-state index in [0.29, 0.717) is 0 Å². The molecule has 1 heterocycles. The number of sulfone groups is 1. The number of hydrogen-bond donors (Lipinski definition) is 1. The van der Waals surface area contributed by atoms with E-state index in [-0.39, 0.29) is 16.5 Å². The van der Waals surface area contributed by atoms with E-state index >= 15 is 0 Å². The third-order valence-corrected chi connectivity index (χ3v) is 2.58. The molecular weight excluding hydrogens is 192 g/mol. The molecule has 0 fully saturated rings. The zero-order chi connectivity index (χ0) is 10.1. The van der Waals surface area contributed by atoms with Crippen LogP contribution in [-0.4, -0.2) is 26.8 Å². The summed E-state index contributed by atoms with van der Waals surface area (Å²) in [6, 6.07) is 1.34. The SMILES string of the molecule is COc1cc(S(C)(=O)=O)cnc1N. The Bertz CT molecular complexity index is 414. The maximum Gasteiger partial charge on any atom is 0.177 e. The zero-order valence-corrected chi connectivity index (χ0v) is 8.13. The summed E-state index contributed by atoms with van der Waals surface area (Å²) in [5.41, 5.74) is 5.41. The fraction of sp³-hybridized carbons (Fsp3) is 0.286. The molecule has 0 aliphatic rings. The fourth-order valence-electron chi connectivity index (χ4n) is 0.803. The lowest BCUT2D eigenvalue weighted by atomic mass is 10.4. The highest BCUT2D eigenvalue weighted by molar-refractivity contribution is 7.90. The van der Waals surface area contributed by atoms with Gasteiger partial charge in [0.25, 0.3) is 0 Å². The molecule has 0 aliphatic carbocycles. The molecule has 2 N–H and O–H groups in total. The van der Waals surface area contributed by atoms with E-state index in [0.717, 1.165) is 6.26 Å². The van der Waals surface area contributed by atoms with Gasteiger partial charge >= 0.3 is 0 Å². The number of nitrogen functional groups attached to an aromatic ring is 1. The number of rotatable bonds is 2. The molecule has 6 heteroatoms. The minimum absolute atomic E-state index is 0.0959. The lowest BCUT2D eigenvalue weighted by Gasteiger charge is -2.04. The fourth-order valence-corrected chi connectivity index (χ4v) is 1.37. The quantitative estimate of drug-likeness (QED) is 0.734. The Balaban J connectivity index is 3.30. The maximum absolute atomic E-state index is 11.1. The minimum atomic E-state index is -3.25. The molecule has 0 unspecified atom stereocenters. The minimum Gasteiger partial charge on any atom is -0.493 e. The van der Waals surface area contributed by atoms with Crippen molar-refractivity contribution in [2.75, 3.05) is 19.1 Å². The highest BCUT2D eigenvalue weighted by atomic mass is 32.2. The molecule has 0 aliphatic heterocycles. The van der Waals surface area contributed by atoms with E-state index in [1.165, 1.54) is 19.4 Å². The zero-order valence-electron chi connectivity index (χ0n) is 7.31. The normalized spacial score (nSPS) is 11.2. The lowest BCUT2D eigenvalue weighted by Crippen LogP contribution is -2.01. The largest absolute Gasteiger partial charge is 0.493 e. The van der Waals surface area contributed by atoms with Crippen LogP contribution in [0.2, 0.25) is 0 Å². The van der Waals surface area contributed by atoms with Crippen molar-refractivity contribution in [3.63, 3.8) is 0 Å². The molecule has 0 amide bonds. The van der Waals surface area contributed by atoms with Gasteiger partial charge in [-0.1, -0.05) is 0 Å². The smallest absolute Gasteiger partial charge is 0.177 e. The van der Waals surface area contributed by atoms with E-state index in [1.807, 2.05) is 0 Å². The molecule has 13 heavy (non-hydrogen) atoms. The van der Waals surface area contributed by atoms with Crippen molar-refractivity contribution < 1.29 is 13.2 Å². The average Bonchev–Trinajstić information content (AvgIpc) is 2.03. The highest BCUT2D eigenvalue weighted by Crippen LogP contribution is 2.21.